The van der Waals surface area contributed by atoms with Gasteiger partial charge in [-0.15, -0.1) is 0 Å². The number of amides is 1. The highest BCUT2D eigenvalue weighted by Gasteiger charge is 2.16. The number of hydrogen-bond donors (Lipinski definition) is 1. The van der Waals surface area contributed by atoms with Crippen LogP contribution in [0, 0.1) is 0 Å². The Balaban J connectivity index is 1.85. The number of hydrogen-bond acceptors (Lipinski definition) is 4. The van der Waals surface area contributed by atoms with Gasteiger partial charge in [-0.25, -0.2) is 5.48 Å². The molecular weight excluding hydrogens is 234 g/mol. The van der Waals surface area contributed by atoms with Gasteiger partial charge in [0.1, 0.15) is 12.4 Å². The molecule has 1 fully saturated rings. The minimum absolute atomic E-state index is 0.196. The van der Waals surface area contributed by atoms with E-state index in [4.69, 9.17) is 9.47 Å². The standard InChI is InChI=1S/C13H17NO4/c1-16-14-13(15)10-4-6-11(7-5-10)18-9-12-3-2-8-17-12/h4-7,12H,2-3,8-9H2,1H3,(H,14,15). The Bertz CT molecular complexity index is 384. The van der Waals surface area contributed by atoms with Crippen LogP contribution in [-0.2, 0) is 9.57 Å². The Morgan fingerprint density at radius 3 is 2.83 bits per heavy atom. The van der Waals surface area contributed by atoms with Crippen molar-refractivity contribution < 1.29 is 19.1 Å². The Morgan fingerprint density at radius 1 is 1.44 bits per heavy atom. The number of rotatable bonds is 5. The average molecular weight is 251 g/mol. The van der Waals surface area contributed by atoms with Crippen LogP contribution < -0.4 is 10.2 Å². The Kier molecular flexibility index (Phi) is 4.55. The topological polar surface area (TPSA) is 56.8 Å². The quantitative estimate of drug-likeness (QED) is 0.806. The summed E-state index contributed by atoms with van der Waals surface area (Å²) in [5, 5.41) is 0. The maximum atomic E-state index is 11.4. The van der Waals surface area contributed by atoms with Gasteiger partial charge in [0.15, 0.2) is 0 Å². The molecule has 0 aromatic heterocycles. The van der Waals surface area contributed by atoms with Gasteiger partial charge in [-0.2, -0.15) is 0 Å². The molecule has 1 aliphatic rings. The molecule has 1 saturated heterocycles. The lowest BCUT2D eigenvalue weighted by Crippen LogP contribution is -2.21. The van der Waals surface area contributed by atoms with E-state index in [1.807, 2.05) is 0 Å². The van der Waals surface area contributed by atoms with Crippen LogP contribution in [0.3, 0.4) is 0 Å². The highest BCUT2D eigenvalue weighted by Crippen LogP contribution is 2.16. The summed E-state index contributed by atoms with van der Waals surface area (Å²) in [5.41, 5.74) is 2.79. The van der Waals surface area contributed by atoms with Gasteiger partial charge in [-0.1, -0.05) is 0 Å². The van der Waals surface area contributed by atoms with Crippen LogP contribution in [0.2, 0.25) is 0 Å². The van der Waals surface area contributed by atoms with E-state index in [1.54, 1.807) is 24.3 Å². The molecule has 1 aromatic carbocycles. The van der Waals surface area contributed by atoms with E-state index in [0.29, 0.717) is 12.2 Å². The summed E-state index contributed by atoms with van der Waals surface area (Å²) in [6.45, 7) is 1.38. The summed E-state index contributed by atoms with van der Waals surface area (Å²) in [6.07, 6.45) is 2.35. The molecule has 5 nitrogen and oxygen atoms in total. The second-order valence-corrected chi connectivity index (χ2v) is 4.11. The summed E-state index contributed by atoms with van der Waals surface area (Å²) in [5.74, 6) is 0.461. The van der Waals surface area contributed by atoms with E-state index < -0.39 is 0 Å². The minimum atomic E-state index is -0.275. The predicted molar refractivity (Wildman–Crippen MR) is 65.4 cm³/mol. The van der Waals surface area contributed by atoms with E-state index in [0.717, 1.165) is 25.2 Å². The lowest BCUT2D eigenvalue weighted by molar-refractivity contribution is 0.0537. The fraction of sp³-hybridized carbons (Fsp3) is 0.462. The van der Waals surface area contributed by atoms with Crippen molar-refractivity contribution >= 4 is 5.91 Å². The van der Waals surface area contributed by atoms with Crippen molar-refractivity contribution in [2.75, 3.05) is 20.3 Å². The summed E-state index contributed by atoms with van der Waals surface area (Å²) in [7, 11) is 1.40. The van der Waals surface area contributed by atoms with Crippen LogP contribution in [0.4, 0.5) is 0 Å². The molecule has 0 bridgehead atoms. The SMILES string of the molecule is CONC(=O)c1ccc(OCC2CCCO2)cc1. The number of carbonyl (C=O) groups excluding carboxylic acids is 1. The van der Waals surface area contributed by atoms with Gasteiger partial charge in [-0.05, 0) is 37.1 Å². The number of ether oxygens (including phenoxy) is 2. The van der Waals surface area contributed by atoms with Crippen LogP contribution in [0.25, 0.3) is 0 Å². The average Bonchev–Trinajstić information content (AvgIpc) is 2.90. The van der Waals surface area contributed by atoms with Crippen molar-refractivity contribution in [3.63, 3.8) is 0 Å². The van der Waals surface area contributed by atoms with Gasteiger partial charge < -0.3 is 9.47 Å². The van der Waals surface area contributed by atoms with Gasteiger partial charge in [0.2, 0.25) is 0 Å². The first kappa shape index (κ1) is 12.9. The highest BCUT2D eigenvalue weighted by molar-refractivity contribution is 5.93. The summed E-state index contributed by atoms with van der Waals surface area (Å²) >= 11 is 0. The molecule has 0 aliphatic carbocycles. The fourth-order valence-electron chi connectivity index (χ4n) is 1.82. The molecule has 1 atom stereocenters. The first-order chi connectivity index (χ1) is 8.79. The summed E-state index contributed by atoms with van der Waals surface area (Å²) in [4.78, 5) is 16.0. The Hall–Kier alpha value is -1.59. The first-order valence-corrected chi connectivity index (χ1v) is 5.97. The smallest absolute Gasteiger partial charge is 0.274 e. The van der Waals surface area contributed by atoms with E-state index in [1.165, 1.54) is 7.11 Å². The molecule has 1 unspecified atom stereocenters. The van der Waals surface area contributed by atoms with Crippen LogP contribution >= 0.6 is 0 Å². The minimum Gasteiger partial charge on any atom is -0.491 e. The normalized spacial score (nSPS) is 18.6. The molecule has 98 valence electrons. The van der Waals surface area contributed by atoms with Gasteiger partial charge >= 0.3 is 0 Å². The van der Waals surface area contributed by atoms with Crippen molar-refractivity contribution in [3.8, 4) is 5.75 Å². The molecule has 18 heavy (non-hydrogen) atoms. The molecule has 1 aromatic rings. The maximum absolute atomic E-state index is 11.4. The zero-order valence-corrected chi connectivity index (χ0v) is 10.3. The van der Waals surface area contributed by atoms with E-state index in [2.05, 4.69) is 10.3 Å². The number of nitrogens with one attached hydrogen (secondary N) is 1. The molecule has 1 N–H and O–H groups in total. The number of benzene rings is 1. The molecule has 1 heterocycles. The molecule has 5 heteroatoms. The summed E-state index contributed by atoms with van der Waals surface area (Å²) in [6, 6.07) is 6.91. The zero-order chi connectivity index (χ0) is 12.8. The van der Waals surface area contributed by atoms with Gasteiger partial charge in [0.05, 0.1) is 13.2 Å². The number of hydroxylamine groups is 1. The predicted octanol–water partition coefficient (Wildman–Crippen LogP) is 1.54. The molecule has 0 saturated carbocycles. The summed E-state index contributed by atoms with van der Waals surface area (Å²) < 4.78 is 11.1. The third kappa shape index (κ3) is 3.45. The van der Waals surface area contributed by atoms with E-state index >= 15 is 0 Å². The largest absolute Gasteiger partial charge is 0.491 e. The molecular formula is C13H17NO4. The van der Waals surface area contributed by atoms with Gasteiger partial charge in [0, 0.05) is 12.2 Å². The van der Waals surface area contributed by atoms with Crippen LogP contribution in [0.1, 0.15) is 23.2 Å². The van der Waals surface area contributed by atoms with Crippen LogP contribution in [-0.4, -0.2) is 32.3 Å². The first-order valence-electron chi connectivity index (χ1n) is 5.97. The third-order valence-corrected chi connectivity index (χ3v) is 2.77. The maximum Gasteiger partial charge on any atom is 0.274 e. The zero-order valence-electron chi connectivity index (χ0n) is 10.3. The van der Waals surface area contributed by atoms with Crippen molar-refractivity contribution in [2.45, 2.75) is 18.9 Å². The Morgan fingerprint density at radius 2 is 2.22 bits per heavy atom. The molecule has 2 rings (SSSR count). The molecule has 1 amide bonds. The van der Waals surface area contributed by atoms with Gasteiger partial charge in [-0.3, -0.25) is 9.63 Å². The number of carbonyl (C=O) groups is 1. The molecule has 0 radical (unpaired) electrons. The van der Waals surface area contributed by atoms with E-state index in [-0.39, 0.29) is 12.0 Å². The second kappa shape index (κ2) is 6.37. The lowest BCUT2D eigenvalue weighted by Gasteiger charge is -2.11. The molecule has 1 aliphatic heterocycles. The fourth-order valence-corrected chi connectivity index (χ4v) is 1.82. The van der Waals surface area contributed by atoms with Crippen LogP contribution in [0.5, 0.6) is 5.75 Å². The van der Waals surface area contributed by atoms with Crippen molar-refractivity contribution in [1.82, 2.24) is 5.48 Å². The van der Waals surface area contributed by atoms with Crippen molar-refractivity contribution in [1.29, 1.82) is 0 Å². The monoisotopic (exact) mass is 251 g/mol. The van der Waals surface area contributed by atoms with Crippen molar-refractivity contribution in [2.24, 2.45) is 0 Å². The van der Waals surface area contributed by atoms with E-state index in [9.17, 15) is 4.79 Å². The Labute approximate surface area is 106 Å². The second-order valence-electron chi connectivity index (χ2n) is 4.11. The van der Waals surface area contributed by atoms with Crippen molar-refractivity contribution in [3.05, 3.63) is 29.8 Å². The third-order valence-electron chi connectivity index (χ3n) is 2.77. The highest BCUT2D eigenvalue weighted by atomic mass is 16.6. The van der Waals surface area contributed by atoms with Gasteiger partial charge in [0.25, 0.3) is 5.91 Å². The molecule has 0 spiro atoms. The van der Waals surface area contributed by atoms with Crippen LogP contribution in [0.15, 0.2) is 24.3 Å². The lowest BCUT2D eigenvalue weighted by atomic mass is 10.2.